The van der Waals surface area contributed by atoms with Crippen LogP contribution in [0.4, 0.5) is 0 Å². The molecule has 144 valence electrons. The number of nitrogens with zero attached hydrogens (tertiary/aromatic N) is 1. The summed E-state index contributed by atoms with van der Waals surface area (Å²) in [5, 5.41) is 10.9. The number of nitrogens with one attached hydrogen (secondary N) is 3. The second-order valence-electron chi connectivity index (χ2n) is 7.71. The molecule has 1 heterocycles. The van der Waals surface area contributed by atoms with E-state index in [-0.39, 0.29) is 5.54 Å². The van der Waals surface area contributed by atoms with Crippen LogP contribution in [0.2, 0.25) is 0 Å². The molecule has 2 aliphatic rings. The third-order valence-electron chi connectivity index (χ3n) is 5.72. The van der Waals surface area contributed by atoms with Gasteiger partial charge in [0.1, 0.15) is 0 Å². The molecule has 3 rings (SSSR count). The van der Waals surface area contributed by atoms with E-state index in [1.807, 2.05) is 7.05 Å². The Labute approximate surface area is 158 Å². The maximum atomic E-state index is 5.69. The molecule has 1 aliphatic heterocycles. The van der Waals surface area contributed by atoms with Crippen molar-refractivity contribution in [2.45, 2.75) is 63.1 Å². The molecule has 0 bridgehead atoms. The van der Waals surface area contributed by atoms with E-state index in [0.717, 1.165) is 32.1 Å². The van der Waals surface area contributed by atoms with Crippen LogP contribution in [0.15, 0.2) is 35.3 Å². The molecular weight excluding hydrogens is 324 g/mol. The predicted molar refractivity (Wildman–Crippen MR) is 108 cm³/mol. The Balaban J connectivity index is 1.53. The second kappa shape index (κ2) is 9.38. The van der Waals surface area contributed by atoms with Crippen molar-refractivity contribution in [2.24, 2.45) is 4.99 Å². The van der Waals surface area contributed by atoms with Gasteiger partial charge >= 0.3 is 0 Å². The van der Waals surface area contributed by atoms with Crippen LogP contribution in [0.1, 0.15) is 57.1 Å². The Morgan fingerprint density at radius 1 is 1.19 bits per heavy atom. The van der Waals surface area contributed by atoms with Crippen molar-refractivity contribution in [3.63, 3.8) is 0 Å². The van der Waals surface area contributed by atoms with Crippen molar-refractivity contribution in [1.29, 1.82) is 0 Å². The molecular formula is C21H34N4O. The standard InChI is InChI=1S/C21H34N4O/c1-17(18-9-4-3-5-10-18)25-21(12-6-7-13-21)16-24-20(22-2)23-15-19-11-8-14-26-19/h3-5,9-10,17,19,25H,6-8,11-16H2,1-2H3,(H2,22,23,24). The van der Waals surface area contributed by atoms with Gasteiger partial charge in [0.2, 0.25) is 0 Å². The van der Waals surface area contributed by atoms with E-state index in [1.54, 1.807) is 0 Å². The first kappa shape index (κ1) is 19.2. The van der Waals surface area contributed by atoms with Gasteiger partial charge in [-0.1, -0.05) is 43.2 Å². The minimum atomic E-state index is 0.136. The van der Waals surface area contributed by atoms with Gasteiger partial charge in [-0.15, -0.1) is 0 Å². The predicted octanol–water partition coefficient (Wildman–Crippen LogP) is 2.99. The fourth-order valence-corrected chi connectivity index (χ4v) is 4.20. The molecule has 26 heavy (non-hydrogen) atoms. The minimum Gasteiger partial charge on any atom is -0.376 e. The zero-order chi connectivity index (χ0) is 18.2. The first-order chi connectivity index (χ1) is 12.7. The Bertz CT molecular complexity index is 563. The van der Waals surface area contributed by atoms with Gasteiger partial charge in [0.05, 0.1) is 6.10 Å². The van der Waals surface area contributed by atoms with Crippen LogP contribution in [0.3, 0.4) is 0 Å². The lowest BCUT2D eigenvalue weighted by atomic mass is 9.94. The monoisotopic (exact) mass is 358 g/mol. The Morgan fingerprint density at radius 3 is 2.62 bits per heavy atom. The van der Waals surface area contributed by atoms with Crippen molar-refractivity contribution < 1.29 is 4.74 Å². The van der Waals surface area contributed by atoms with Crippen LogP contribution in [0, 0.1) is 0 Å². The molecule has 0 spiro atoms. The molecule has 2 fully saturated rings. The van der Waals surface area contributed by atoms with E-state index in [2.05, 4.69) is 58.2 Å². The summed E-state index contributed by atoms with van der Waals surface area (Å²) in [6, 6.07) is 11.1. The van der Waals surface area contributed by atoms with E-state index < -0.39 is 0 Å². The Morgan fingerprint density at radius 2 is 1.96 bits per heavy atom. The van der Waals surface area contributed by atoms with Crippen molar-refractivity contribution in [3.8, 4) is 0 Å². The molecule has 1 aromatic carbocycles. The molecule has 5 heteroatoms. The van der Waals surface area contributed by atoms with E-state index >= 15 is 0 Å². The van der Waals surface area contributed by atoms with Crippen molar-refractivity contribution in [2.75, 3.05) is 26.7 Å². The van der Waals surface area contributed by atoms with Crippen LogP contribution in [-0.2, 0) is 4.74 Å². The summed E-state index contributed by atoms with van der Waals surface area (Å²) in [5.41, 5.74) is 1.48. The molecule has 1 saturated carbocycles. The second-order valence-corrected chi connectivity index (χ2v) is 7.71. The fraction of sp³-hybridized carbons (Fsp3) is 0.667. The zero-order valence-corrected chi connectivity index (χ0v) is 16.3. The van der Waals surface area contributed by atoms with E-state index in [4.69, 9.17) is 4.74 Å². The molecule has 1 aliphatic carbocycles. The van der Waals surface area contributed by atoms with Crippen LogP contribution < -0.4 is 16.0 Å². The molecule has 1 aromatic rings. The Hall–Kier alpha value is -1.59. The summed E-state index contributed by atoms with van der Waals surface area (Å²) >= 11 is 0. The molecule has 0 amide bonds. The van der Waals surface area contributed by atoms with Crippen molar-refractivity contribution >= 4 is 5.96 Å². The van der Waals surface area contributed by atoms with Crippen LogP contribution in [-0.4, -0.2) is 44.3 Å². The van der Waals surface area contributed by atoms with E-state index in [9.17, 15) is 0 Å². The van der Waals surface area contributed by atoms with Crippen molar-refractivity contribution in [1.82, 2.24) is 16.0 Å². The van der Waals surface area contributed by atoms with Crippen LogP contribution in [0.5, 0.6) is 0 Å². The van der Waals surface area contributed by atoms with Gasteiger partial charge in [-0.05, 0) is 38.2 Å². The molecule has 5 nitrogen and oxygen atoms in total. The van der Waals surface area contributed by atoms with Gasteiger partial charge in [0.25, 0.3) is 0 Å². The summed E-state index contributed by atoms with van der Waals surface area (Å²) in [6.07, 6.45) is 7.63. The fourth-order valence-electron chi connectivity index (χ4n) is 4.20. The summed E-state index contributed by atoms with van der Waals surface area (Å²) in [5.74, 6) is 0.876. The van der Waals surface area contributed by atoms with Gasteiger partial charge in [0, 0.05) is 38.3 Å². The highest BCUT2D eigenvalue weighted by Crippen LogP contribution is 2.31. The summed E-state index contributed by atoms with van der Waals surface area (Å²) in [6.45, 7) is 4.89. The zero-order valence-electron chi connectivity index (χ0n) is 16.3. The quantitative estimate of drug-likeness (QED) is 0.518. The summed E-state index contributed by atoms with van der Waals surface area (Å²) < 4.78 is 5.69. The number of ether oxygens (including phenoxy) is 1. The van der Waals surface area contributed by atoms with E-state index in [0.29, 0.717) is 12.1 Å². The maximum Gasteiger partial charge on any atom is 0.191 e. The van der Waals surface area contributed by atoms with Gasteiger partial charge < -0.3 is 20.7 Å². The summed E-state index contributed by atoms with van der Waals surface area (Å²) in [4.78, 5) is 4.39. The topological polar surface area (TPSA) is 57.7 Å². The molecule has 0 radical (unpaired) electrons. The van der Waals surface area contributed by atoms with Gasteiger partial charge in [-0.3, -0.25) is 4.99 Å². The molecule has 2 atom stereocenters. The number of hydrogen-bond donors (Lipinski definition) is 3. The first-order valence-corrected chi connectivity index (χ1v) is 10.1. The van der Waals surface area contributed by atoms with Gasteiger partial charge in [-0.2, -0.15) is 0 Å². The normalized spacial score (nSPS) is 23.8. The highest BCUT2D eigenvalue weighted by atomic mass is 16.5. The highest BCUT2D eigenvalue weighted by Gasteiger charge is 2.35. The van der Waals surface area contributed by atoms with Crippen molar-refractivity contribution in [3.05, 3.63) is 35.9 Å². The summed E-state index contributed by atoms with van der Waals surface area (Å²) in [7, 11) is 1.84. The number of guanidine groups is 1. The number of rotatable bonds is 7. The lowest BCUT2D eigenvalue weighted by Crippen LogP contribution is -2.54. The average Bonchev–Trinajstić information content (AvgIpc) is 3.35. The molecule has 3 N–H and O–H groups in total. The SMILES string of the molecule is CN=C(NCC1CCCO1)NCC1(NC(C)c2ccccc2)CCCC1. The number of benzene rings is 1. The Kier molecular flexibility index (Phi) is 6.92. The molecule has 1 saturated heterocycles. The van der Waals surface area contributed by atoms with E-state index in [1.165, 1.54) is 37.7 Å². The lowest BCUT2D eigenvalue weighted by Gasteiger charge is -2.35. The largest absolute Gasteiger partial charge is 0.376 e. The molecule has 2 unspecified atom stereocenters. The van der Waals surface area contributed by atoms with Gasteiger partial charge in [0.15, 0.2) is 5.96 Å². The van der Waals surface area contributed by atoms with Gasteiger partial charge in [-0.25, -0.2) is 0 Å². The smallest absolute Gasteiger partial charge is 0.191 e. The highest BCUT2D eigenvalue weighted by molar-refractivity contribution is 5.79. The maximum absolute atomic E-state index is 5.69. The third kappa shape index (κ3) is 5.21. The molecule has 0 aromatic heterocycles. The van der Waals surface area contributed by atoms with Crippen LogP contribution in [0.25, 0.3) is 0 Å². The third-order valence-corrected chi connectivity index (χ3v) is 5.72. The average molecular weight is 359 g/mol. The first-order valence-electron chi connectivity index (χ1n) is 10.1. The van der Waals surface area contributed by atoms with Crippen LogP contribution >= 0.6 is 0 Å². The lowest BCUT2D eigenvalue weighted by molar-refractivity contribution is 0.113. The number of hydrogen-bond acceptors (Lipinski definition) is 3. The minimum absolute atomic E-state index is 0.136. The number of aliphatic imine (C=N–C) groups is 1.